The third-order valence-corrected chi connectivity index (χ3v) is 4.40. The summed E-state index contributed by atoms with van der Waals surface area (Å²) in [6.45, 7) is 2.10. The van der Waals surface area contributed by atoms with Crippen molar-refractivity contribution in [1.29, 1.82) is 0 Å². The zero-order valence-electron chi connectivity index (χ0n) is 13.1. The molecule has 0 N–H and O–H groups in total. The molecule has 0 aliphatic rings. The van der Waals surface area contributed by atoms with Crippen LogP contribution in [0.4, 0.5) is 0 Å². The van der Waals surface area contributed by atoms with Crippen LogP contribution in [0.3, 0.4) is 0 Å². The predicted molar refractivity (Wildman–Crippen MR) is 90.4 cm³/mol. The third-order valence-electron chi connectivity index (χ3n) is 3.41. The summed E-state index contributed by atoms with van der Waals surface area (Å²) in [6, 6.07) is 13.5. The highest BCUT2D eigenvalue weighted by atomic mass is 32.2. The quantitative estimate of drug-likeness (QED) is 0.565. The second-order valence-corrected chi connectivity index (χ2v) is 5.83. The van der Waals surface area contributed by atoms with Crippen LogP contribution in [0, 0.1) is 0 Å². The van der Waals surface area contributed by atoms with E-state index in [0.717, 1.165) is 16.9 Å². The molecule has 0 bridgehead atoms. The van der Waals surface area contributed by atoms with Crippen LogP contribution in [0.5, 0.6) is 11.5 Å². The summed E-state index contributed by atoms with van der Waals surface area (Å²) < 4.78 is 10.5. The Labute approximate surface area is 135 Å². The maximum absolute atomic E-state index is 12.2. The van der Waals surface area contributed by atoms with Crippen LogP contribution in [0.25, 0.3) is 0 Å². The number of carbonyl (C=O) groups excluding carboxylic acids is 1. The first-order chi connectivity index (χ1) is 10.7. The SMILES string of the molecule is CCc1ccc(C(=O)CSc2ccc(OC)c(OC)c2)cc1. The van der Waals surface area contributed by atoms with E-state index in [-0.39, 0.29) is 5.78 Å². The maximum Gasteiger partial charge on any atom is 0.173 e. The smallest absolute Gasteiger partial charge is 0.173 e. The lowest BCUT2D eigenvalue weighted by Crippen LogP contribution is -2.02. The van der Waals surface area contributed by atoms with Gasteiger partial charge in [-0.05, 0) is 30.2 Å². The van der Waals surface area contributed by atoms with E-state index in [1.54, 1.807) is 14.2 Å². The number of carbonyl (C=O) groups is 1. The molecule has 0 aliphatic carbocycles. The van der Waals surface area contributed by atoms with E-state index in [1.165, 1.54) is 17.3 Å². The summed E-state index contributed by atoms with van der Waals surface area (Å²) in [5, 5.41) is 0. The first-order valence-electron chi connectivity index (χ1n) is 7.15. The van der Waals surface area contributed by atoms with Crippen molar-refractivity contribution in [3.8, 4) is 11.5 Å². The van der Waals surface area contributed by atoms with Crippen LogP contribution < -0.4 is 9.47 Å². The van der Waals surface area contributed by atoms with Gasteiger partial charge in [0, 0.05) is 10.5 Å². The minimum absolute atomic E-state index is 0.127. The van der Waals surface area contributed by atoms with Gasteiger partial charge in [-0.15, -0.1) is 11.8 Å². The fraction of sp³-hybridized carbons (Fsp3) is 0.278. The summed E-state index contributed by atoms with van der Waals surface area (Å²) in [4.78, 5) is 13.2. The van der Waals surface area contributed by atoms with E-state index in [4.69, 9.17) is 9.47 Å². The minimum Gasteiger partial charge on any atom is -0.493 e. The first kappa shape index (κ1) is 16.4. The number of Topliss-reactive ketones (excluding diaryl/α,β-unsaturated/α-hetero) is 1. The molecule has 2 rings (SSSR count). The van der Waals surface area contributed by atoms with Crippen LogP contribution >= 0.6 is 11.8 Å². The molecule has 0 aliphatic heterocycles. The molecule has 0 spiro atoms. The van der Waals surface area contributed by atoms with E-state index in [2.05, 4.69) is 6.92 Å². The second-order valence-electron chi connectivity index (χ2n) is 4.78. The first-order valence-corrected chi connectivity index (χ1v) is 8.13. The summed E-state index contributed by atoms with van der Waals surface area (Å²) >= 11 is 1.50. The van der Waals surface area contributed by atoms with Gasteiger partial charge in [-0.25, -0.2) is 0 Å². The monoisotopic (exact) mass is 316 g/mol. The van der Waals surface area contributed by atoms with Crippen molar-refractivity contribution in [3.05, 3.63) is 53.6 Å². The summed E-state index contributed by atoms with van der Waals surface area (Å²) in [5.41, 5.74) is 1.99. The van der Waals surface area contributed by atoms with E-state index in [9.17, 15) is 4.79 Å². The maximum atomic E-state index is 12.2. The van der Waals surface area contributed by atoms with Gasteiger partial charge in [-0.1, -0.05) is 31.2 Å². The lowest BCUT2D eigenvalue weighted by atomic mass is 10.1. The molecule has 3 nitrogen and oxygen atoms in total. The van der Waals surface area contributed by atoms with Crippen molar-refractivity contribution in [2.24, 2.45) is 0 Å². The Morgan fingerprint density at radius 1 is 1.00 bits per heavy atom. The largest absolute Gasteiger partial charge is 0.493 e. The normalized spacial score (nSPS) is 10.3. The molecule has 0 saturated carbocycles. The standard InChI is InChI=1S/C18H20O3S/c1-4-13-5-7-14(8-6-13)16(19)12-22-15-9-10-17(20-2)18(11-15)21-3/h5-11H,4,12H2,1-3H3. The molecule has 0 fully saturated rings. The zero-order chi connectivity index (χ0) is 15.9. The van der Waals surface area contributed by atoms with Crippen molar-refractivity contribution in [1.82, 2.24) is 0 Å². The van der Waals surface area contributed by atoms with Crippen molar-refractivity contribution >= 4 is 17.5 Å². The van der Waals surface area contributed by atoms with Crippen molar-refractivity contribution < 1.29 is 14.3 Å². The highest BCUT2D eigenvalue weighted by Gasteiger charge is 2.09. The molecule has 0 heterocycles. The highest BCUT2D eigenvalue weighted by Crippen LogP contribution is 2.32. The Morgan fingerprint density at radius 3 is 2.27 bits per heavy atom. The lowest BCUT2D eigenvalue weighted by molar-refractivity contribution is 0.102. The number of ketones is 1. The van der Waals surface area contributed by atoms with Crippen LogP contribution in [0.15, 0.2) is 47.4 Å². The fourth-order valence-electron chi connectivity index (χ4n) is 2.06. The Kier molecular flexibility index (Phi) is 5.90. The van der Waals surface area contributed by atoms with Crippen molar-refractivity contribution in [2.45, 2.75) is 18.2 Å². The summed E-state index contributed by atoms with van der Waals surface area (Å²) in [6.07, 6.45) is 0.981. The van der Waals surface area contributed by atoms with Gasteiger partial charge in [0.15, 0.2) is 17.3 Å². The summed E-state index contributed by atoms with van der Waals surface area (Å²) in [7, 11) is 3.21. The van der Waals surface area contributed by atoms with Gasteiger partial charge in [0.1, 0.15) is 0 Å². The van der Waals surface area contributed by atoms with Gasteiger partial charge in [0.2, 0.25) is 0 Å². The van der Waals surface area contributed by atoms with Gasteiger partial charge in [-0.2, -0.15) is 0 Å². The molecule has 22 heavy (non-hydrogen) atoms. The molecule has 0 radical (unpaired) electrons. The van der Waals surface area contributed by atoms with E-state index >= 15 is 0 Å². The minimum atomic E-state index is 0.127. The highest BCUT2D eigenvalue weighted by molar-refractivity contribution is 8.00. The number of hydrogen-bond donors (Lipinski definition) is 0. The Bertz CT molecular complexity index is 635. The topological polar surface area (TPSA) is 35.5 Å². The number of methoxy groups -OCH3 is 2. The molecule has 0 saturated heterocycles. The molecule has 2 aromatic rings. The van der Waals surface area contributed by atoms with Gasteiger partial charge >= 0.3 is 0 Å². The van der Waals surface area contributed by atoms with E-state index < -0.39 is 0 Å². The van der Waals surface area contributed by atoms with Crippen LogP contribution in [0.2, 0.25) is 0 Å². The average Bonchev–Trinajstić information content (AvgIpc) is 2.59. The number of ether oxygens (including phenoxy) is 2. The predicted octanol–water partition coefficient (Wildman–Crippen LogP) is 4.24. The Balaban J connectivity index is 2.01. The Hall–Kier alpha value is -1.94. The molecule has 0 unspecified atom stereocenters. The van der Waals surface area contributed by atoms with Crippen LogP contribution in [-0.4, -0.2) is 25.8 Å². The average molecular weight is 316 g/mol. The molecule has 4 heteroatoms. The van der Waals surface area contributed by atoms with Crippen LogP contribution in [0.1, 0.15) is 22.8 Å². The fourth-order valence-corrected chi connectivity index (χ4v) is 2.88. The molecule has 0 atom stereocenters. The molecule has 116 valence electrons. The molecular weight excluding hydrogens is 296 g/mol. The number of thioether (sulfide) groups is 1. The third kappa shape index (κ3) is 4.04. The molecular formula is C18H20O3S. The second kappa shape index (κ2) is 7.90. The number of aryl methyl sites for hydroxylation is 1. The Morgan fingerprint density at radius 2 is 1.68 bits per heavy atom. The van der Waals surface area contributed by atoms with Gasteiger partial charge in [0.25, 0.3) is 0 Å². The van der Waals surface area contributed by atoms with Crippen LogP contribution in [-0.2, 0) is 6.42 Å². The summed E-state index contributed by atoms with van der Waals surface area (Å²) in [5.74, 6) is 1.89. The van der Waals surface area contributed by atoms with Gasteiger partial charge in [-0.3, -0.25) is 4.79 Å². The molecule has 0 amide bonds. The van der Waals surface area contributed by atoms with Crippen molar-refractivity contribution in [2.75, 3.05) is 20.0 Å². The van der Waals surface area contributed by atoms with Gasteiger partial charge in [0.05, 0.1) is 20.0 Å². The van der Waals surface area contributed by atoms with E-state index in [0.29, 0.717) is 17.3 Å². The number of rotatable bonds is 7. The number of hydrogen-bond acceptors (Lipinski definition) is 4. The van der Waals surface area contributed by atoms with E-state index in [1.807, 2.05) is 42.5 Å². The molecule has 2 aromatic carbocycles. The lowest BCUT2D eigenvalue weighted by Gasteiger charge is -2.09. The molecule has 0 aromatic heterocycles. The van der Waals surface area contributed by atoms with Crippen molar-refractivity contribution in [3.63, 3.8) is 0 Å². The zero-order valence-corrected chi connectivity index (χ0v) is 13.9. The number of benzene rings is 2. The van der Waals surface area contributed by atoms with Gasteiger partial charge < -0.3 is 9.47 Å².